The first-order chi connectivity index (χ1) is 19.1. The van der Waals surface area contributed by atoms with Crippen LogP contribution < -0.4 is 11.1 Å². The molecule has 6 rings (SSSR count). The summed E-state index contributed by atoms with van der Waals surface area (Å²) in [6, 6.07) is 27.5. The molecule has 3 aromatic heterocycles. The standard InChI is InChI=1S/C30H26N8O/c1-19(20-7-3-2-4-8-20)34-30-36-25(23-10-6-5-9-22(23)17-39)16-28(37-30)38-18-33-26-15-21(11-12-27(26)38)24-13-14-32-29(31)35-24/h2-16,18-19,39H,17H2,1H3,(H2,31,32,35)(H,34,36,37). The molecule has 0 aliphatic rings. The molecule has 0 amide bonds. The highest BCUT2D eigenvalue weighted by atomic mass is 16.3. The number of anilines is 2. The van der Waals surface area contributed by atoms with Crippen LogP contribution in [0.15, 0.2) is 97.5 Å². The van der Waals surface area contributed by atoms with Crippen molar-refractivity contribution >= 4 is 22.9 Å². The molecule has 6 aromatic rings. The normalized spacial score (nSPS) is 11.9. The average molecular weight is 515 g/mol. The van der Waals surface area contributed by atoms with Crippen LogP contribution in [0.4, 0.5) is 11.9 Å². The van der Waals surface area contributed by atoms with E-state index >= 15 is 0 Å². The molecule has 0 spiro atoms. The molecule has 0 aliphatic heterocycles. The van der Waals surface area contributed by atoms with E-state index in [2.05, 4.69) is 39.3 Å². The van der Waals surface area contributed by atoms with Gasteiger partial charge in [0.2, 0.25) is 11.9 Å². The number of hydrogen-bond acceptors (Lipinski definition) is 8. The van der Waals surface area contributed by atoms with Crippen LogP contribution in [0, 0.1) is 0 Å². The summed E-state index contributed by atoms with van der Waals surface area (Å²) in [5.74, 6) is 1.35. The van der Waals surface area contributed by atoms with Crippen LogP contribution in [0.3, 0.4) is 0 Å². The lowest BCUT2D eigenvalue weighted by Crippen LogP contribution is -2.11. The van der Waals surface area contributed by atoms with E-state index in [4.69, 9.17) is 15.7 Å². The van der Waals surface area contributed by atoms with E-state index in [0.29, 0.717) is 17.5 Å². The predicted octanol–water partition coefficient (Wildman–Crippen LogP) is 5.19. The number of nitrogen functional groups attached to an aromatic ring is 1. The van der Waals surface area contributed by atoms with E-state index in [0.717, 1.165) is 39.0 Å². The number of nitrogens with two attached hydrogens (primary N) is 1. The van der Waals surface area contributed by atoms with Gasteiger partial charge in [0, 0.05) is 23.4 Å². The second-order valence-corrected chi connectivity index (χ2v) is 9.15. The third-order valence-corrected chi connectivity index (χ3v) is 6.59. The minimum atomic E-state index is -0.0942. The van der Waals surface area contributed by atoms with Crippen molar-refractivity contribution in [1.29, 1.82) is 0 Å². The molecule has 1 atom stereocenters. The van der Waals surface area contributed by atoms with Crippen molar-refractivity contribution in [3.8, 4) is 28.3 Å². The molecule has 9 heteroatoms. The largest absolute Gasteiger partial charge is 0.392 e. The highest BCUT2D eigenvalue weighted by Gasteiger charge is 2.16. The van der Waals surface area contributed by atoms with Crippen molar-refractivity contribution in [3.63, 3.8) is 0 Å². The van der Waals surface area contributed by atoms with Gasteiger partial charge < -0.3 is 16.2 Å². The SMILES string of the molecule is CC(Nc1nc(-c2ccccc2CO)cc(-n2cnc3cc(-c4ccnc(N)n4)ccc32)n1)c1ccccc1. The summed E-state index contributed by atoms with van der Waals surface area (Å²) in [6.07, 6.45) is 3.38. The Kier molecular flexibility index (Phi) is 6.40. The lowest BCUT2D eigenvalue weighted by atomic mass is 10.0. The van der Waals surface area contributed by atoms with Gasteiger partial charge in [-0.25, -0.2) is 19.9 Å². The van der Waals surface area contributed by atoms with Crippen molar-refractivity contribution in [2.75, 3.05) is 11.1 Å². The van der Waals surface area contributed by atoms with Crippen LogP contribution in [0.5, 0.6) is 0 Å². The van der Waals surface area contributed by atoms with E-state index in [1.165, 1.54) is 0 Å². The lowest BCUT2D eigenvalue weighted by molar-refractivity contribution is 0.282. The third kappa shape index (κ3) is 4.90. The Morgan fingerprint density at radius 1 is 0.872 bits per heavy atom. The van der Waals surface area contributed by atoms with Crippen molar-refractivity contribution in [3.05, 3.63) is 109 Å². The van der Waals surface area contributed by atoms with Gasteiger partial charge in [-0.3, -0.25) is 4.57 Å². The molecule has 1 unspecified atom stereocenters. The van der Waals surface area contributed by atoms with E-state index in [1.807, 2.05) is 77.4 Å². The lowest BCUT2D eigenvalue weighted by Gasteiger charge is -2.17. The van der Waals surface area contributed by atoms with Crippen molar-refractivity contribution in [2.24, 2.45) is 0 Å². The monoisotopic (exact) mass is 514 g/mol. The number of aromatic nitrogens is 6. The number of imidazole rings is 1. The Labute approximate surface area is 225 Å². The molecule has 0 radical (unpaired) electrons. The fourth-order valence-corrected chi connectivity index (χ4v) is 4.58. The summed E-state index contributed by atoms with van der Waals surface area (Å²) in [5.41, 5.74) is 12.5. The number of aliphatic hydroxyl groups excluding tert-OH is 1. The Balaban J connectivity index is 1.45. The zero-order valence-corrected chi connectivity index (χ0v) is 21.2. The van der Waals surface area contributed by atoms with Gasteiger partial charge in [0.05, 0.1) is 35.1 Å². The minimum Gasteiger partial charge on any atom is -0.392 e. The minimum absolute atomic E-state index is 0.0234. The molecular weight excluding hydrogens is 488 g/mol. The van der Waals surface area contributed by atoms with Crippen molar-refractivity contribution in [2.45, 2.75) is 19.6 Å². The first-order valence-electron chi connectivity index (χ1n) is 12.5. The highest BCUT2D eigenvalue weighted by Crippen LogP contribution is 2.29. The Morgan fingerprint density at radius 2 is 1.69 bits per heavy atom. The molecular formula is C30H26N8O. The second kappa shape index (κ2) is 10.3. The van der Waals surface area contributed by atoms with Crippen molar-refractivity contribution < 1.29 is 5.11 Å². The van der Waals surface area contributed by atoms with Gasteiger partial charge in [0.15, 0.2) is 0 Å². The fourth-order valence-electron chi connectivity index (χ4n) is 4.58. The Hall–Kier alpha value is -5.15. The predicted molar refractivity (Wildman–Crippen MR) is 152 cm³/mol. The Morgan fingerprint density at radius 3 is 2.51 bits per heavy atom. The summed E-state index contributed by atoms with van der Waals surface area (Å²) in [7, 11) is 0. The maximum Gasteiger partial charge on any atom is 0.225 e. The van der Waals surface area contributed by atoms with E-state index in [9.17, 15) is 5.11 Å². The van der Waals surface area contributed by atoms with Gasteiger partial charge in [0.25, 0.3) is 0 Å². The number of nitrogens with one attached hydrogen (secondary N) is 1. The Bertz CT molecular complexity index is 1770. The number of hydrogen-bond donors (Lipinski definition) is 3. The number of rotatable bonds is 7. The fraction of sp³-hybridized carbons (Fsp3) is 0.100. The highest BCUT2D eigenvalue weighted by molar-refractivity contribution is 5.83. The zero-order valence-electron chi connectivity index (χ0n) is 21.2. The van der Waals surface area contributed by atoms with Gasteiger partial charge >= 0.3 is 0 Å². The summed E-state index contributed by atoms with van der Waals surface area (Å²) < 4.78 is 1.93. The number of benzene rings is 3. The topological polar surface area (TPSA) is 128 Å². The van der Waals surface area contributed by atoms with Crippen LogP contribution in [-0.2, 0) is 6.61 Å². The van der Waals surface area contributed by atoms with E-state index < -0.39 is 0 Å². The van der Waals surface area contributed by atoms with Crippen molar-refractivity contribution in [1.82, 2.24) is 29.5 Å². The molecule has 0 saturated heterocycles. The molecule has 4 N–H and O–H groups in total. The number of aliphatic hydroxyl groups is 1. The third-order valence-electron chi connectivity index (χ3n) is 6.59. The number of nitrogens with zero attached hydrogens (tertiary/aromatic N) is 6. The molecule has 0 bridgehead atoms. The second-order valence-electron chi connectivity index (χ2n) is 9.15. The van der Waals surface area contributed by atoms with Gasteiger partial charge in [-0.2, -0.15) is 4.98 Å². The molecule has 3 aromatic carbocycles. The quantitative estimate of drug-likeness (QED) is 0.266. The van der Waals surface area contributed by atoms with E-state index in [-0.39, 0.29) is 18.6 Å². The van der Waals surface area contributed by atoms with E-state index in [1.54, 1.807) is 12.5 Å². The molecule has 0 fully saturated rings. The molecule has 0 aliphatic carbocycles. The summed E-state index contributed by atoms with van der Waals surface area (Å²) >= 11 is 0. The van der Waals surface area contributed by atoms with Crippen LogP contribution in [0.2, 0.25) is 0 Å². The van der Waals surface area contributed by atoms with Crippen LogP contribution >= 0.6 is 0 Å². The molecule has 9 nitrogen and oxygen atoms in total. The smallest absolute Gasteiger partial charge is 0.225 e. The van der Waals surface area contributed by atoms with Crippen LogP contribution in [0.1, 0.15) is 24.1 Å². The van der Waals surface area contributed by atoms with Crippen LogP contribution in [0.25, 0.3) is 39.4 Å². The molecule has 3 heterocycles. The maximum atomic E-state index is 9.98. The zero-order chi connectivity index (χ0) is 26.8. The van der Waals surface area contributed by atoms with Gasteiger partial charge in [0.1, 0.15) is 12.1 Å². The summed E-state index contributed by atoms with van der Waals surface area (Å²) in [6.45, 7) is 1.98. The first kappa shape index (κ1) is 24.2. The van der Waals surface area contributed by atoms with Gasteiger partial charge in [-0.1, -0.05) is 60.7 Å². The summed E-state index contributed by atoms with van der Waals surface area (Å²) in [4.78, 5) is 22.6. The van der Waals surface area contributed by atoms with Crippen LogP contribution in [-0.4, -0.2) is 34.6 Å². The molecule has 0 saturated carbocycles. The first-order valence-corrected chi connectivity index (χ1v) is 12.5. The van der Waals surface area contributed by atoms with Gasteiger partial charge in [-0.15, -0.1) is 0 Å². The maximum absolute atomic E-state index is 9.98. The molecule has 39 heavy (non-hydrogen) atoms. The van der Waals surface area contributed by atoms with Gasteiger partial charge in [-0.05, 0) is 36.2 Å². The number of fused-ring (bicyclic) bond motifs is 1. The molecule has 192 valence electrons. The summed E-state index contributed by atoms with van der Waals surface area (Å²) in [5, 5.41) is 13.4. The average Bonchev–Trinajstić information content (AvgIpc) is 3.41.